The van der Waals surface area contributed by atoms with Gasteiger partial charge in [-0.05, 0) is 78.5 Å². The summed E-state index contributed by atoms with van der Waals surface area (Å²) >= 11 is 0. The first-order valence-electron chi connectivity index (χ1n) is 10.5. The van der Waals surface area contributed by atoms with Crippen LogP contribution in [-0.2, 0) is 0 Å². The summed E-state index contributed by atoms with van der Waals surface area (Å²) in [5, 5.41) is 0. The van der Waals surface area contributed by atoms with E-state index in [2.05, 4.69) is 0 Å². The number of methoxy groups -OCH3 is 2. The van der Waals surface area contributed by atoms with Gasteiger partial charge in [0.25, 0.3) is 0 Å². The van der Waals surface area contributed by atoms with Crippen LogP contribution in [0.5, 0.6) is 11.5 Å². The monoisotopic (exact) mass is 426 g/mol. The zero-order valence-corrected chi connectivity index (χ0v) is 17.6. The summed E-state index contributed by atoms with van der Waals surface area (Å²) in [6.45, 7) is 0. The van der Waals surface area contributed by atoms with Crippen molar-refractivity contribution in [2.24, 2.45) is 0 Å². The highest BCUT2D eigenvalue weighted by Crippen LogP contribution is 2.42. The molecule has 0 saturated heterocycles. The van der Waals surface area contributed by atoms with Gasteiger partial charge in [-0.25, -0.2) is 13.2 Å². The van der Waals surface area contributed by atoms with Gasteiger partial charge in [0.2, 0.25) is 0 Å². The molecule has 0 atom stereocenters. The van der Waals surface area contributed by atoms with E-state index in [-0.39, 0.29) is 29.0 Å². The molecule has 0 N–H and O–H groups in total. The largest absolute Gasteiger partial charge is 0.497 e. The van der Waals surface area contributed by atoms with Crippen LogP contribution in [0.25, 0.3) is 11.1 Å². The van der Waals surface area contributed by atoms with Crippen LogP contribution < -0.4 is 9.47 Å². The highest BCUT2D eigenvalue weighted by atomic mass is 19.2. The number of benzene rings is 3. The highest BCUT2D eigenvalue weighted by Gasteiger charge is 2.27. The number of ether oxygens (including phenoxy) is 2. The van der Waals surface area contributed by atoms with Gasteiger partial charge in [0.15, 0.2) is 23.2 Å². The van der Waals surface area contributed by atoms with Crippen molar-refractivity contribution in [3.8, 4) is 22.6 Å². The fraction of sp³-hybridized carbons (Fsp3) is 0.308. The Bertz CT molecular complexity index is 1050. The zero-order valence-electron chi connectivity index (χ0n) is 17.6. The molecule has 0 amide bonds. The molecular weight excluding hydrogens is 401 g/mol. The van der Waals surface area contributed by atoms with E-state index < -0.39 is 11.6 Å². The predicted octanol–water partition coefficient (Wildman–Crippen LogP) is 7.23. The quantitative estimate of drug-likeness (QED) is 0.428. The zero-order chi connectivity index (χ0) is 22.0. The Hall–Kier alpha value is -2.95. The van der Waals surface area contributed by atoms with E-state index in [0.717, 1.165) is 31.2 Å². The predicted molar refractivity (Wildman–Crippen MR) is 115 cm³/mol. The SMILES string of the molecule is COc1ccc(-c2ccc(C3CCC(c4ccc(OC)c(F)c4)CC3)c(F)c2F)cc1. The van der Waals surface area contributed by atoms with Crippen molar-refractivity contribution >= 4 is 0 Å². The van der Waals surface area contributed by atoms with Crippen LogP contribution in [0.2, 0.25) is 0 Å². The first kappa shape index (κ1) is 21.3. The molecule has 0 aliphatic heterocycles. The van der Waals surface area contributed by atoms with Crippen LogP contribution in [-0.4, -0.2) is 14.2 Å². The van der Waals surface area contributed by atoms with E-state index in [1.54, 1.807) is 49.6 Å². The fourth-order valence-electron chi connectivity index (χ4n) is 4.55. The number of hydrogen-bond donors (Lipinski definition) is 0. The van der Waals surface area contributed by atoms with Gasteiger partial charge in [-0.3, -0.25) is 0 Å². The summed E-state index contributed by atoms with van der Waals surface area (Å²) in [6.07, 6.45) is 3.07. The summed E-state index contributed by atoms with van der Waals surface area (Å²) in [5.74, 6) is -0.901. The van der Waals surface area contributed by atoms with Crippen molar-refractivity contribution in [2.45, 2.75) is 37.5 Å². The topological polar surface area (TPSA) is 18.5 Å². The first-order chi connectivity index (χ1) is 15.0. The van der Waals surface area contributed by atoms with E-state index in [4.69, 9.17) is 9.47 Å². The summed E-state index contributed by atoms with van der Waals surface area (Å²) in [6, 6.07) is 15.3. The van der Waals surface area contributed by atoms with Gasteiger partial charge in [-0.15, -0.1) is 0 Å². The maximum Gasteiger partial charge on any atom is 0.166 e. The maximum absolute atomic E-state index is 15.0. The minimum Gasteiger partial charge on any atom is -0.497 e. The summed E-state index contributed by atoms with van der Waals surface area (Å²) in [7, 11) is 3.00. The molecule has 0 spiro atoms. The molecule has 3 aromatic carbocycles. The molecule has 0 heterocycles. The van der Waals surface area contributed by atoms with Crippen LogP contribution >= 0.6 is 0 Å². The molecule has 1 aliphatic rings. The Morgan fingerprint density at radius 2 is 1.39 bits per heavy atom. The molecule has 0 bridgehead atoms. The van der Waals surface area contributed by atoms with Gasteiger partial charge < -0.3 is 9.47 Å². The molecule has 2 nitrogen and oxygen atoms in total. The van der Waals surface area contributed by atoms with E-state index in [1.807, 2.05) is 6.07 Å². The van der Waals surface area contributed by atoms with E-state index >= 15 is 0 Å². The summed E-state index contributed by atoms with van der Waals surface area (Å²) in [5.41, 5.74) is 2.20. The van der Waals surface area contributed by atoms with Crippen LogP contribution in [0.3, 0.4) is 0 Å². The van der Waals surface area contributed by atoms with E-state index in [0.29, 0.717) is 16.9 Å². The van der Waals surface area contributed by atoms with Crippen molar-refractivity contribution in [1.29, 1.82) is 0 Å². The number of hydrogen-bond acceptors (Lipinski definition) is 2. The van der Waals surface area contributed by atoms with Crippen molar-refractivity contribution in [1.82, 2.24) is 0 Å². The Morgan fingerprint density at radius 3 is 2.00 bits per heavy atom. The third-order valence-electron chi connectivity index (χ3n) is 6.33. The average Bonchev–Trinajstić information content (AvgIpc) is 2.81. The minimum atomic E-state index is -0.818. The smallest absolute Gasteiger partial charge is 0.166 e. The third-order valence-corrected chi connectivity index (χ3v) is 6.33. The summed E-state index contributed by atoms with van der Waals surface area (Å²) in [4.78, 5) is 0. The highest BCUT2D eigenvalue weighted by molar-refractivity contribution is 5.65. The molecule has 1 fully saturated rings. The lowest BCUT2D eigenvalue weighted by Gasteiger charge is -2.29. The second-order valence-corrected chi connectivity index (χ2v) is 8.00. The molecule has 4 rings (SSSR count). The fourth-order valence-corrected chi connectivity index (χ4v) is 4.55. The molecule has 1 aliphatic carbocycles. The normalized spacial score (nSPS) is 18.6. The molecular formula is C26H25F3O2. The molecule has 0 radical (unpaired) electrons. The molecule has 162 valence electrons. The summed E-state index contributed by atoms with van der Waals surface area (Å²) < 4.78 is 54.0. The van der Waals surface area contributed by atoms with E-state index in [1.165, 1.54) is 13.2 Å². The van der Waals surface area contributed by atoms with Gasteiger partial charge in [-0.1, -0.05) is 30.3 Å². The number of rotatable bonds is 5. The minimum absolute atomic E-state index is 0.0428. The van der Waals surface area contributed by atoms with Gasteiger partial charge in [0.1, 0.15) is 5.75 Å². The molecule has 1 saturated carbocycles. The van der Waals surface area contributed by atoms with Gasteiger partial charge in [-0.2, -0.15) is 0 Å². The van der Waals surface area contributed by atoms with Crippen LogP contribution in [0.1, 0.15) is 48.6 Å². The van der Waals surface area contributed by atoms with Crippen molar-refractivity contribution in [3.05, 3.63) is 83.2 Å². The van der Waals surface area contributed by atoms with Gasteiger partial charge in [0, 0.05) is 5.56 Å². The lowest BCUT2D eigenvalue weighted by molar-refractivity contribution is 0.374. The molecule has 0 unspecified atom stereocenters. The standard InChI is InChI=1S/C26H25F3O2/c1-30-20-10-7-18(8-11-20)22-13-12-21(25(28)26(22)29)17-5-3-16(4-6-17)19-9-14-24(31-2)23(27)15-19/h7-17H,3-6H2,1-2H3. The molecule has 31 heavy (non-hydrogen) atoms. The van der Waals surface area contributed by atoms with Crippen molar-refractivity contribution < 1.29 is 22.6 Å². The Balaban J connectivity index is 1.49. The van der Waals surface area contributed by atoms with Crippen LogP contribution in [0, 0.1) is 17.5 Å². The molecule has 0 aromatic heterocycles. The van der Waals surface area contributed by atoms with Gasteiger partial charge in [0.05, 0.1) is 14.2 Å². The average molecular weight is 426 g/mol. The molecule has 5 heteroatoms. The lowest BCUT2D eigenvalue weighted by atomic mass is 9.76. The van der Waals surface area contributed by atoms with Crippen molar-refractivity contribution in [2.75, 3.05) is 14.2 Å². The Morgan fingerprint density at radius 1 is 0.710 bits per heavy atom. The first-order valence-corrected chi connectivity index (χ1v) is 10.5. The second kappa shape index (κ2) is 9.04. The maximum atomic E-state index is 15.0. The Labute approximate surface area is 180 Å². The van der Waals surface area contributed by atoms with Crippen LogP contribution in [0.4, 0.5) is 13.2 Å². The third kappa shape index (κ3) is 4.27. The lowest BCUT2D eigenvalue weighted by Crippen LogP contribution is -2.14. The number of halogens is 3. The van der Waals surface area contributed by atoms with Crippen LogP contribution in [0.15, 0.2) is 54.6 Å². The second-order valence-electron chi connectivity index (χ2n) is 8.00. The van der Waals surface area contributed by atoms with Crippen molar-refractivity contribution in [3.63, 3.8) is 0 Å². The van der Waals surface area contributed by atoms with Gasteiger partial charge >= 0.3 is 0 Å². The Kier molecular flexibility index (Phi) is 6.21. The van der Waals surface area contributed by atoms with E-state index in [9.17, 15) is 13.2 Å². The molecule has 3 aromatic rings.